The first-order valence-electron chi connectivity index (χ1n) is 12.8. The van der Waals surface area contributed by atoms with E-state index in [-0.39, 0.29) is 5.92 Å². The van der Waals surface area contributed by atoms with Crippen LogP contribution in [0.2, 0.25) is 0 Å². The van der Waals surface area contributed by atoms with Crippen LogP contribution in [-0.2, 0) is 30.1 Å². The zero-order chi connectivity index (χ0) is 26.6. The molecule has 11 heteroatoms. The predicted molar refractivity (Wildman–Crippen MR) is 136 cm³/mol. The van der Waals surface area contributed by atoms with Gasteiger partial charge in [0.1, 0.15) is 11.6 Å². The lowest BCUT2D eigenvalue weighted by molar-refractivity contribution is -0.146. The predicted octanol–water partition coefficient (Wildman–Crippen LogP) is 1.98. The van der Waals surface area contributed by atoms with Crippen molar-refractivity contribution in [3.05, 3.63) is 42.0 Å². The molecule has 1 saturated carbocycles. The summed E-state index contributed by atoms with van der Waals surface area (Å²) in [5.74, 6) is -1.67. The average molecular weight is 531 g/mol. The topological polar surface area (TPSA) is 148 Å². The van der Waals surface area contributed by atoms with Gasteiger partial charge in [-0.3, -0.25) is 19.1 Å². The molecule has 1 saturated heterocycles. The Morgan fingerprint density at radius 2 is 1.89 bits per heavy atom. The Morgan fingerprint density at radius 1 is 1.14 bits per heavy atom. The molecule has 4 amide bonds. The second-order valence-corrected chi connectivity index (χ2v) is 11.2. The summed E-state index contributed by atoms with van der Waals surface area (Å²) < 4.78 is 20.5. The summed E-state index contributed by atoms with van der Waals surface area (Å²) in [5.41, 5.74) is 4.97. The molecule has 37 heavy (non-hydrogen) atoms. The van der Waals surface area contributed by atoms with Crippen LogP contribution in [0.15, 0.2) is 41.3 Å². The third-order valence-electron chi connectivity index (χ3n) is 7.26. The van der Waals surface area contributed by atoms with Crippen LogP contribution < -0.4 is 15.8 Å². The third kappa shape index (κ3) is 6.20. The van der Waals surface area contributed by atoms with Gasteiger partial charge in [-0.25, -0.2) is 9.00 Å². The minimum absolute atomic E-state index is 0.243. The maximum Gasteiger partial charge on any atom is 0.405 e. The van der Waals surface area contributed by atoms with E-state index in [0.29, 0.717) is 43.5 Å². The number of aryl methyl sites for hydroxylation is 1. The van der Waals surface area contributed by atoms with Crippen molar-refractivity contribution in [2.24, 2.45) is 11.7 Å². The van der Waals surface area contributed by atoms with Gasteiger partial charge in [-0.05, 0) is 64.0 Å². The Morgan fingerprint density at radius 3 is 2.62 bits per heavy atom. The highest BCUT2D eigenvalue weighted by atomic mass is 32.2. The SMILES string of the molecule is Cc1ccc(S(=O)NC(=O)C23CC2/C=C\CCCCCC(OC(N)=O)C(=O)N2CCCC2C(=O)N3)cc1. The van der Waals surface area contributed by atoms with E-state index >= 15 is 0 Å². The van der Waals surface area contributed by atoms with Crippen molar-refractivity contribution >= 4 is 34.8 Å². The van der Waals surface area contributed by atoms with Crippen LogP contribution in [0.5, 0.6) is 0 Å². The lowest BCUT2D eigenvalue weighted by Crippen LogP contribution is -2.56. The fraction of sp³-hybridized carbons (Fsp3) is 0.538. The quantitative estimate of drug-likeness (QED) is 0.507. The first-order valence-corrected chi connectivity index (χ1v) is 13.9. The highest BCUT2D eigenvalue weighted by Gasteiger charge is 2.61. The number of primary amides is 1. The Balaban J connectivity index is 1.55. The maximum atomic E-state index is 13.4. The Bertz CT molecular complexity index is 1110. The van der Waals surface area contributed by atoms with E-state index in [1.807, 2.05) is 31.2 Å². The lowest BCUT2D eigenvalue weighted by atomic mass is 10.1. The van der Waals surface area contributed by atoms with Crippen LogP contribution in [-0.4, -0.2) is 57.2 Å². The van der Waals surface area contributed by atoms with Crippen molar-refractivity contribution in [3.63, 3.8) is 0 Å². The molecule has 0 radical (unpaired) electrons. The van der Waals surface area contributed by atoms with E-state index < -0.39 is 52.5 Å². The first kappa shape index (κ1) is 26.8. The number of carbonyl (C=O) groups is 4. The van der Waals surface area contributed by atoms with Gasteiger partial charge in [0.15, 0.2) is 17.1 Å². The van der Waals surface area contributed by atoms with Gasteiger partial charge in [0.2, 0.25) is 5.91 Å². The molecular formula is C26H34N4O6S. The number of benzene rings is 1. The first-order chi connectivity index (χ1) is 17.7. The summed E-state index contributed by atoms with van der Waals surface area (Å²) in [6, 6.07) is 6.21. The number of allylic oxidation sites excluding steroid dienone is 1. The molecule has 1 aromatic rings. The van der Waals surface area contributed by atoms with Crippen molar-refractivity contribution < 1.29 is 28.1 Å². The van der Waals surface area contributed by atoms with Crippen LogP contribution in [0.1, 0.15) is 56.9 Å². The van der Waals surface area contributed by atoms with E-state index in [4.69, 9.17) is 10.5 Å². The van der Waals surface area contributed by atoms with Gasteiger partial charge in [-0.15, -0.1) is 0 Å². The molecule has 0 aromatic heterocycles. The van der Waals surface area contributed by atoms with Crippen molar-refractivity contribution in [3.8, 4) is 0 Å². The van der Waals surface area contributed by atoms with Gasteiger partial charge in [0.05, 0.1) is 4.90 Å². The lowest BCUT2D eigenvalue weighted by Gasteiger charge is -2.29. The van der Waals surface area contributed by atoms with Gasteiger partial charge in [-0.2, -0.15) is 0 Å². The van der Waals surface area contributed by atoms with Crippen LogP contribution in [0.4, 0.5) is 4.79 Å². The van der Waals surface area contributed by atoms with Crippen molar-refractivity contribution in [2.45, 2.75) is 80.9 Å². The zero-order valence-corrected chi connectivity index (χ0v) is 21.8. The maximum absolute atomic E-state index is 13.4. The molecular weight excluding hydrogens is 496 g/mol. The number of amides is 4. The number of nitrogens with two attached hydrogens (primary N) is 1. The number of nitrogens with one attached hydrogen (secondary N) is 2. The summed E-state index contributed by atoms with van der Waals surface area (Å²) in [4.78, 5) is 53.4. The number of hydrogen-bond acceptors (Lipinski definition) is 6. The molecule has 2 fully saturated rings. The number of ether oxygens (including phenoxy) is 1. The summed E-state index contributed by atoms with van der Waals surface area (Å²) in [7, 11) is -1.79. The summed E-state index contributed by atoms with van der Waals surface area (Å²) in [5, 5.41) is 2.89. The smallest absolute Gasteiger partial charge is 0.405 e. The normalized spacial score (nSPS) is 30.0. The van der Waals surface area contributed by atoms with E-state index in [9.17, 15) is 23.4 Å². The summed E-state index contributed by atoms with van der Waals surface area (Å²) in [6.45, 7) is 2.26. The monoisotopic (exact) mass is 530 g/mol. The van der Waals surface area contributed by atoms with Gasteiger partial charge in [0.25, 0.3) is 11.8 Å². The molecule has 2 heterocycles. The summed E-state index contributed by atoms with van der Waals surface area (Å²) >= 11 is 0. The van der Waals surface area contributed by atoms with Crippen LogP contribution in [0, 0.1) is 12.8 Å². The molecule has 2 aliphatic heterocycles. The molecule has 1 aromatic carbocycles. The molecule has 5 unspecified atom stereocenters. The van der Waals surface area contributed by atoms with E-state index in [0.717, 1.165) is 24.8 Å². The number of hydrogen-bond donors (Lipinski definition) is 3. The van der Waals surface area contributed by atoms with Crippen molar-refractivity contribution in [2.75, 3.05) is 6.54 Å². The fourth-order valence-corrected chi connectivity index (χ4v) is 5.92. The Hall–Kier alpha value is -3.21. The number of fused-ring (bicyclic) bond motifs is 2. The number of rotatable bonds is 4. The molecule has 200 valence electrons. The highest BCUT2D eigenvalue weighted by Crippen LogP contribution is 2.45. The molecule has 4 rings (SSSR count). The zero-order valence-electron chi connectivity index (χ0n) is 20.9. The van der Waals surface area contributed by atoms with Crippen LogP contribution >= 0.6 is 0 Å². The number of nitrogens with zero attached hydrogens (tertiary/aromatic N) is 1. The fourth-order valence-electron chi connectivity index (χ4n) is 5.07. The second kappa shape index (κ2) is 11.5. The molecule has 0 bridgehead atoms. The minimum Gasteiger partial charge on any atom is -0.436 e. The molecule has 1 aliphatic carbocycles. The molecule has 10 nitrogen and oxygen atoms in total. The molecule has 5 atom stereocenters. The average Bonchev–Trinajstić information content (AvgIpc) is 3.32. The second-order valence-electron chi connectivity index (χ2n) is 9.97. The molecule has 4 N–H and O–H groups in total. The molecule has 3 aliphatic rings. The third-order valence-corrected chi connectivity index (χ3v) is 8.34. The Labute approximate surface area is 218 Å². The van der Waals surface area contributed by atoms with Gasteiger partial charge in [-0.1, -0.05) is 36.3 Å². The van der Waals surface area contributed by atoms with E-state index in [1.54, 1.807) is 12.1 Å². The van der Waals surface area contributed by atoms with E-state index in [1.165, 1.54) is 4.90 Å². The van der Waals surface area contributed by atoms with Crippen LogP contribution in [0.3, 0.4) is 0 Å². The Kier molecular flexibility index (Phi) is 8.31. The van der Waals surface area contributed by atoms with Crippen molar-refractivity contribution in [1.29, 1.82) is 0 Å². The standard InChI is InChI=1S/C26H34N4O6S/c1-17-11-13-19(14-12-17)37(35)29-24(33)26-16-18(26)8-5-3-2-4-6-10-21(36-25(27)34)23(32)30-15-7-9-20(30)22(31)28-26/h5,8,11-14,18,20-21H,2-4,6-7,9-10,15-16H2,1H3,(H2,27,34)(H,28,31)(H,29,33)/b8-5-. The van der Waals surface area contributed by atoms with Gasteiger partial charge >= 0.3 is 6.09 Å². The van der Waals surface area contributed by atoms with Gasteiger partial charge in [0, 0.05) is 12.5 Å². The van der Waals surface area contributed by atoms with Gasteiger partial charge < -0.3 is 20.7 Å². The van der Waals surface area contributed by atoms with E-state index in [2.05, 4.69) is 10.0 Å². The highest BCUT2D eigenvalue weighted by molar-refractivity contribution is 7.83. The number of carbonyl (C=O) groups excluding carboxylic acids is 4. The van der Waals surface area contributed by atoms with Crippen LogP contribution in [0.25, 0.3) is 0 Å². The van der Waals surface area contributed by atoms with Crippen molar-refractivity contribution in [1.82, 2.24) is 14.9 Å². The minimum atomic E-state index is -1.79. The largest absolute Gasteiger partial charge is 0.436 e. The summed E-state index contributed by atoms with van der Waals surface area (Å²) in [6.07, 6.45) is 6.70. The molecule has 0 spiro atoms.